The summed E-state index contributed by atoms with van der Waals surface area (Å²) in [6.07, 6.45) is 6.89. The smallest absolute Gasteiger partial charge is 0.0576 e. The Hall–Kier alpha value is -1.44. The maximum atomic E-state index is 6.00. The summed E-state index contributed by atoms with van der Waals surface area (Å²) in [7, 11) is 0. The maximum Gasteiger partial charge on any atom is 0.0576 e. The summed E-state index contributed by atoms with van der Waals surface area (Å²) in [6, 6.07) is 16.2. The van der Waals surface area contributed by atoms with Gasteiger partial charge in [0.05, 0.1) is 6.04 Å². The summed E-state index contributed by atoms with van der Waals surface area (Å²) in [5.41, 5.74) is 2.34. The first-order valence-electron chi connectivity index (χ1n) is 7.16. The van der Waals surface area contributed by atoms with E-state index in [2.05, 4.69) is 29.6 Å². The number of benzene rings is 2. The highest BCUT2D eigenvalue weighted by atomic mass is 35.5. The number of hydrogen-bond donors (Lipinski definition) is 1. The van der Waals surface area contributed by atoms with Crippen LogP contribution in [0.4, 0.5) is 5.69 Å². The molecule has 2 atom stereocenters. The number of halogens is 2. The Morgan fingerprint density at radius 1 is 0.905 bits per heavy atom. The van der Waals surface area contributed by atoms with Crippen molar-refractivity contribution in [2.24, 2.45) is 5.92 Å². The molecule has 0 amide bonds. The zero-order chi connectivity index (χ0) is 14.7. The molecule has 0 bridgehead atoms. The summed E-state index contributed by atoms with van der Waals surface area (Å²) in [5.74, 6) is 0.502. The lowest BCUT2D eigenvalue weighted by Crippen LogP contribution is -2.18. The number of allylic oxidation sites excluding steroid dienone is 1. The normalized spacial score (nSPS) is 18.7. The van der Waals surface area contributed by atoms with Gasteiger partial charge in [-0.15, -0.1) is 0 Å². The van der Waals surface area contributed by atoms with Crippen LogP contribution in [-0.4, -0.2) is 0 Å². The Morgan fingerprint density at radius 3 is 2.10 bits per heavy atom. The first kappa shape index (κ1) is 14.5. The molecule has 1 aliphatic rings. The lowest BCUT2D eigenvalue weighted by molar-refractivity contribution is 0.542. The van der Waals surface area contributed by atoms with Gasteiger partial charge in [-0.05, 0) is 54.8 Å². The van der Waals surface area contributed by atoms with E-state index in [1.54, 1.807) is 0 Å². The molecule has 0 saturated heterocycles. The molecule has 1 N–H and O–H groups in total. The number of nitrogens with one attached hydrogen (secondary N) is 1. The highest BCUT2D eigenvalue weighted by Gasteiger charge is 2.23. The van der Waals surface area contributed by atoms with Crippen molar-refractivity contribution in [2.45, 2.75) is 18.9 Å². The predicted octanol–water partition coefficient (Wildman–Crippen LogP) is 6.11. The first-order valence-corrected chi connectivity index (χ1v) is 7.92. The highest BCUT2D eigenvalue weighted by Crippen LogP contribution is 2.34. The van der Waals surface area contributed by atoms with Crippen LogP contribution in [0.3, 0.4) is 0 Å². The van der Waals surface area contributed by atoms with Crippen molar-refractivity contribution in [3.05, 3.63) is 76.3 Å². The minimum Gasteiger partial charge on any atom is -0.378 e. The number of anilines is 1. The van der Waals surface area contributed by atoms with Gasteiger partial charge >= 0.3 is 0 Å². The molecule has 0 heterocycles. The minimum atomic E-state index is 0.252. The van der Waals surface area contributed by atoms with Crippen molar-refractivity contribution >= 4 is 28.9 Å². The lowest BCUT2D eigenvalue weighted by Gasteiger charge is -2.25. The van der Waals surface area contributed by atoms with E-state index in [0.29, 0.717) is 5.92 Å². The van der Waals surface area contributed by atoms with Crippen molar-refractivity contribution in [1.29, 1.82) is 0 Å². The second kappa shape index (κ2) is 6.55. The quantitative estimate of drug-likeness (QED) is 0.670. The number of hydrogen-bond acceptors (Lipinski definition) is 1. The van der Waals surface area contributed by atoms with Crippen molar-refractivity contribution in [3.63, 3.8) is 0 Å². The van der Waals surface area contributed by atoms with E-state index in [4.69, 9.17) is 23.2 Å². The van der Waals surface area contributed by atoms with E-state index in [-0.39, 0.29) is 6.04 Å². The molecular formula is C18H17Cl2N. The molecule has 21 heavy (non-hydrogen) atoms. The largest absolute Gasteiger partial charge is 0.378 e. The summed E-state index contributed by atoms with van der Waals surface area (Å²) in [5, 5.41) is 5.15. The van der Waals surface area contributed by atoms with Crippen LogP contribution in [-0.2, 0) is 0 Å². The van der Waals surface area contributed by atoms with Crippen LogP contribution in [0, 0.1) is 5.92 Å². The monoisotopic (exact) mass is 317 g/mol. The van der Waals surface area contributed by atoms with E-state index in [9.17, 15) is 0 Å². The van der Waals surface area contributed by atoms with Crippen LogP contribution in [0.1, 0.15) is 24.4 Å². The Labute approximate surface area is 135 Å². The summed E-state index contributed by atoms with van der Waals surface area (Å²) in [4.78, 5) is 0. The van der Waals surface area contributed by atoms with Crippen molar-refractivity contribution in [1.82, 2.24) is 0 Å². The third kappa shape index (κ3) is 3.61. The van der Waals surface area contributed by atoms with Gasteiger partial charge in [0, 0.05) is 21.7 Å². The SMILES string of the molecule is Clc1ccc(NC(c2ccc(Cl)cc2)C2C=CCC2)cc1. The molecule has 2 unspecified atom stereocenters. The molecule has 0 fully saturated rings. The first-order chi connectivity index (χ1) is 10.2. The topological polar surface area (TPSA) is 12.0 Å². The fraction of sp³-hybridized carbons (Fsp3) is 0.222. The van der Waals surface area contributed by atoms with Gasteiger partial charge in [-0.25, -0.2) is 0 Å². The van der Waals surface area contributed by atoms with Crippen LogP contribution >= 0.6 is 23.2 Å². The Bertz CT molecular complexity index is 617. The van der Waals surface area contributed by atoms with Crippen molar-refractivity contribution in [3.8, 4) is 0 Å². The minimum absolute atomic E-state index is 0.252. The molecule has 0 aliphatic heterocycles. The highest BCUT2D eigenvalue weighted by molar-refractivity contribution is 6.30. The average Bonchev–Trinajstić information content (AvgIpc) is 3.02. The number of rotatable bonds is 4. The molecule has 2 aromatic rings. The lowest BCUT2D eigenvalue weighted by atomic mass is 9.92. The molecule has 2 aromatic carbocycles. The van der Waals surface area contributed by atoms with Crippen LogP contribution in [0.2, 0.25) is 10.0 Å². The summed E-state index contributed by atoms with van der Waals surface area (Å²) < 4.78 is 0. The van der Waals surface area contributed by atoms with Crippen LogP contribution in [0.15, 0.2) is 60.7 Å². The third-order valence-electron chi connectivity index (χ3n) is 3.87. The van der Waals surface area contributed by atoms with Gasteiger partial charge in [0.2, 0.25) is 0 Å². The maximum absolute atomic E-state index is 6.00. The Kier molecular flexibility index (Phi) is 4.52. The average molecular weight is 318 g/mol. The molecule has 3 heteroatoms. The predicted molar refractivity (Wildman–Crippen MR) is 91.1 cm³/mol. The van der Waals surface area contributed by atoms with Gasteiger partial charge in [0.1, 0.15) is 0 Å². The van der Waals surface area contributed by atoms with E-state index >= 15 is 0 Å². The van der Waals surface area contributed by atoms with Gasteiger partial charge < -0.3 is 5.32 Å². The van der Waals surface area contributed by atoms with Gasteiger partial charge in [-0.2, -0.15) is 0 Å². The molecule has 0 aromatic heterocycles. The molecule has 1 nitrogen and oxygen atoms in total. The molecule has 108 valence electrons. The Morgan fingerprint density at radius 2 is 1.52 bits per heavy atom. The molecule has 0 spiro atoms. The second-order valence-corrected chi connectivity index (χ2v) is 6.22. The zero-order valence-electron chi connectivity index (χ0n) is 11.6. The van der Waals surface area contributed by atoms with Crippen LogP contribution < -0.4 is 5.32 Å². The van der Waals surface area contributed by atoms with E-state index in [1.165, 1.54) is 12.0 Å². The van der Waals surface area contributed by atoms with Gasteiger partial charge in [-0.3, -0.25) is 0 Å². The van der Waals surface area contributed by atoms with Gasteiger partial charge in [0.25, 0.3) is 0 Å². The van der Waals surface area contributed by atoms with E-state index in [0.717, 1.165) is 22.2 Å². The summed E-state index contributed by atoms with van der Waals surface area (Å²) in [6.45, 7) is 0. The van der Waals surface area contributed by atoms with Crippen LogP contribution in [0.5, 0.6) is 0 Å². The molecule has 0 saturated carbocycles. The molecule has 1 aliphatic carbocycles. The molecule has 0 radical (unpaired) electrons. The van der Waals surface area contributed by atoms with E-state index < -0.39 is 0 Å². The van der Waals surface area contributed by atoms with Gasteiger partial charge in [-0.1, -0.05) is 47.5 Å². The van der Waals surface area contributed by atoms with E-state index in [1.807, 2.05) is 36.4 Å². The fourth-order valence-electron chi connectivity index (χ4n) is 2.77. The van der Waals surface area contributed by atoms with Crippen LogP contribution in [0.25, 0.3) is 0 Å². The second-order valence-electron chi connectivity index (χ2n) is 5.35. The standard InChI is InChI=1S/C18H17Cl2N/c19-15-7-5-14(6-8-15)18(13-3-1-2-4-13)21-17-11-9-16(20)10-12-17/h1,3,5-13,18,21H,2,4H2. The fourth-order valence-corrected chi connectivity index (χ4v) is 3.02. The van der Waals surface area contributed by atoms with Crippen molar-refractivity contribution < 1.29 is 0 Å². The summed E-state index contributed by atoms with van der Waals surface area (Å²) >= 11 is 12.0. The zero-order valence-corrected chi connectivity index (χ0v) is 13.1. The van der Waals surface area contributed by atoms with Crippen molar-refractivity contribution in [2.75, 3.05) is 5.32 Å². The molecule has 3 rings (SSSR count). The molecular weight excluding hydrogens is 301 g/mol. The Balaban J connectivity index is 1.86. The van der Waals surface area contributed by atoms with Gasteiger partial charge in [0.15, 0.2) is 0 Å². The third-order valence-corrected chi connectivity index (χ3v) is 4.38.